The fourth-order valence-electron chi connectivity index (χ4n) is 3.85. The van der Waals surface area contributed by atoms with E-state index in [-0.39, 0.29) is 11.4 Å². The summed E-state index contributed by atoms with van der Waals surface area (Å²) in [5.74, 6) is -0.548. The van der Waals surface area contributed by atoms with Gasteiger partial charge in [0.2, 0.25) is 0 Å². The Hall–Kier alpha value is -2.71. The highest BCUT2D eigenvalue weighted by Crippen LogP contribution is 2.50. The van der Waals surface area contributed by atoms with Gasteiger partial charge in [0.1, 0.15) is 11.1 Å². The van der Waals surface area contributed by atoms with Gasteiger partial charge in [0.15, 0.2) is 0 Å². The maximum absolute atomic E-state index is 12.3. The quantitative estimate of drug-likeness (QED) is 0.723. The minimum atomic E-state index is -0.548. The number of benzene rings is 1. The van der Waals surface area contributed by atoms with Crippen LogP contribution in [0.1, 0.15) is 23.8 Å². The number of nitrogens with two attached hydrogens (primary N) is 3. The highest BCUT2D eigenvalue weighted by Gasteiger charge is 2.38. The average molecular weight is 397 g/mol. The summed E-state index contributed by atoms with van der Waals surface area (Å²) in [6, 6.07) is 12.0. The molecule has 1 aromatic carbocycles. The van der Waals surface area contributed by atoms with Crippen molar-refractivity contribution in [1.29, 1.82) is 0 Å². The second-order valence-corrected chi connectivity index (χ2v) is 8.16. The van der Waals surface area contributed by atoms with Crippen LogP contribution in [-0.4, -0.2) is 30.0 Å². The lowest BCUT2D eigenvalue weighted by Gasteiger charge is -2.37. The van der Waals surface area contributed by atoms with E-state index in [4.69, 9.17) is 17.2 Å². The van der Waals surface area contributed by atoms with Crippen molar-refractivity contribution < 1.29 is 4.79 Å². The van der Waals surface area contributed by atoms with Crippen molar-refractivity contribution in [1.82, 2.24) is 4.98 Å². The van der Waals surface area contributed by atoms with E-state index in [9.17, 15) is 4.79 Å². The summed E-state index contributed by atoms with van der Waals surface area (Å²) in [5.41, 5.74) is 21.3. The number of carbonyl (C=O) groups is 1. The van der Waals surface area contributed by atoms with E-state index in [1.807, 2.05) is 41.3 Å². The van der Waals surface area contributed by atoms with Crippen molar-refractivity contribution in [3.63, 3.8) is 0 Å². The number of hydrogen-bond acceptors (Lipinski definition) is 7. The van der Waals surface area contributed by atoms with Crippen LogP contribution in [0.25, 0.3) is 0 Å². The molecule has 2 aliphatic rings. The number of aromatic nitrogens is 1. The standard InChI is InChI=1S/C20H24N6OS/c21-14-7-4-10-25(12-14)15-8-9-24-11-16(15)26-17(18(22)27)19(23)28-20(26)13-5-2-1-3-6-13/h1-3,5-6,8-9,11,14,20H,4,7,10,12,21,23H2,(H2,22,27)/t14?,20-/m0/s1. The number of pyridine rings is 1. The van der Waals surface area contributed by atoms with Crippen LogP contribution in [0.4, 0.5) is 11.4 Å². The maximum Gasteiger partial charge on any atom is 0.268 e. The monoisotopic (exact) mass is 396 g/mol. The Kier molecular flexibility index (Phi) is 5.15. The molecule has 3 heterocycles. The molecule has 1 aromatic heterocycles. The summed E-state index contributed by atoms with van der Waals surface area (Å²) >= 11 is 1.43. The molecule has 2 aliphatic heterocycles. The molecule has 7 nitrogen and oxygen atoms in total. The van der Waals surface area contributed by atoms with E-state index < -0.39 is 5.91 Å². The first-order chi connectivity index (χ1) is 13.6. The Balaban J connectivity index is 1.81. The van der Waals surface area contributed by atoms with E-state index in [1.54, 1.807) is 12.4 Å². The highest BCUT2D eigenvalue weighted by molar-refractivity contribution is 8.03. The molecular formula is C20H24N6OS. The molecule has 0 saturated carbocycles. The van der Waals surface area contributed by atoms with Gasteiger partial charge in [-0.05, 0) is 24.5 Å². The summed E-state index contributed by atoms with van der Waals surface area (Å²) in [5, 5.41) is 0.233. The van der Waals surface area contributed by atoms with Crippen LogP contribution >= 0.6 is 11.8 Å². The van der Waals surface area contributed by atoms with Crippen molar-refractivity contribution in [2.75, 3.05) is 22.9 Å². The summed E-state index contributed by atoms with van der Waals surface area (Å²) in [4.78, 5) is 20.8. The Morgan fingerprint density at radius 3 is 2.68 bits per heavy atom. The Morgan fingerprint density at radius 2 is 1.96 bits per heavy atom. The van der Waals surface area contributed by atoms with Crippen molar-refractivity contribution in [3.05, 3.63) is 65.1 Å². The topological polar surface area (TPSA) is 114 Å². The van der Waals surface area contributed by atoms with Gasteiger partial charge < -0.3 is 27.0 Å². The lowest BCUT2D eigenvalue weighted by molar-refractivity contribution is -0.114. The van der Waals surface area contributed by atoms with Crippen LogP contribution in [0.3, 0.4) is 0 Å². The predicted molar refractivity (Wildman–Crippen MR) is 113 cm³/mol. The Morgan fingerprint density at radius 1 is 1.18 bits per heavy atom. The molecule has 8 heteroatoms. The second-order valence-electron chi connectivity index (χ2n) is 7.04. The van der Waals surface area contributed by atoms with E-state index in [1.165, 1.54) is 11.8 Å². The first-order valence-electron chi connectivity index (χ1n) is 9.31. The largest absolute Gasteiger partial charge is 0.392 e. The summed E-state index contributed by atoms with van der Waals surface area (Å²) in [7, 11) is 0. The fourth-order valence-corrected chi connectivity index (χ4v) is 5.02. The number of piperidine rings is 1. The zero-order chi connectivity index (χ0) is 19.7. The zero-order valence-electron chi connectivity index (χ0n) is 15.5. The SMILES string of the molecule is NC(=O)C1=C(N)S[C@@H](c2ccccc2)N1c1cnccc1N1CCCC(N)C1. The van der Waals surface area contributed by atoms with Crippen molar-refractivity contribution in [2.45, 2.75) is 24.3 Å². The Bertz CT molecular complexity index is 903. The molecule has 1 amide bonds. The summed E-state index contributed by atoms with van der Waals surface area (Å²) < 4.78 is 0. The third-order valence-corrected chi connectivity index (χ3v) is 6.25. The highest BCUT2D eigenvalue weighted by atomic mass is 32.2. The van der Waals surface area contributed by atoms with Gasteiger partial charge in [-0.25, -0.2) is 0 Å². The summed E-state index contributed by atoms with van der Waals surface area (Å²) in [6.45, 7) is 1.67. The molecule has 146 valence electrons. The van der Waals surface area contributed by atoms with Crippen molar-refractivity contribution in [3.8, 4) is 0 Å². The first kappa shape index (κ1) is 18.6. The lowest BCUT2D eigenvalue weighted by atomic mass is 10.1. The van der Waals surface area contributed by atoms with Crippen LogP contribution in [-0.2, 0) is 4.79 Å². The lowest BCUT2D eigenvalue weighted by Crippen LogP contribution is -2.43. The number of anilines is 2. The third kappa shape index (κ3) is 3.41. The second kappa shape index (κ2) is 7.73. The molecule has 0 aliphatic carbocycles. The van der Waals surface area contributed by atoms with Crippen molar-refractivity contribution in [2.24, 2.45) is 17.2 Å². The van der Waals surface area contributed by atoms with Gasteiger partial charge in [0.25, 0.3) is 5.91 Å². The normalized spacial score (nSPS) is 22.6. The minimum absolute atomic E-state index is 0.129. The third-order valence-electron chi connectivity index (χ3n) is 5.10. The molecule has 28 heavy (non-hydrogen) atoms. The number of rotatable bonds is 4. The van der Waals surface area contributed by atoms with Crippen LogP contribution in [0, 0.1) is 0 Å². The molecule has 0 bridgehead atoms. The first-order valence-corrected chi connectivity index (χ1v) is 10.2. The van der Waals surface area contributed by atoms with Gasteiger partial charge in [-0.1, -0.05) is 42.1 Å². The minimum Gasteiger partial charge on any atom is -0.392 e. The number of thioether (sulfide) groups is 1. The van der Waals surface area contributed by atoms with Gasteiger partial charge in [-0.15, -0.1) is 0 Å². The van der Waals surface area contributed by atoms with Gasteiger partial charge in [-0.2, -0.15) is 0 Å². The molecule has 4 rings (SSSR count). The van der Waals surface area contributed by atoms with Gasteiger partial charge in [-0.3, -0.25) is 9.78 Å². The van der Waals surface area contributed by atoms with Crippen LogP contribution < -0.4 is 27.0 Å². The zero-order valence-corrected chi connectivity index (χ0v) is 16.3. The van der Waals surface area contributed by atoms with Crippen LogP contribution in [0.5, 0.6) is 0 Å². The number of hydrogen-bond donors (Lipinski definition) is 3. The van der Waals surface area contributed by atoms with E-state index in [0.717, 1.165) is 42.9 Å². The van der Waals surface area contributed by atoms with Gasteiger partial charge >= 0.3 is 0 Å². The van der Waals surface area contributed by atoms with E-state index in [0.29, 0.717) is 10.7 Å². The number of carbonyl (C=O) groups excluding carboxylic acids is 1. The van der Waals surface area contributed by atoms with Crippen molar-refractivity contribution >= 4 is 29.0 Å². The fraction of sp³-hybridized carbons (Fsp3) is 0.300. The Labute approximate surface area is 168 Å². The molecule has 0 radical (unpaired) electrons. The number of amides is 1. The molecule has 1 fully saturated rings. The number of primary amides is 1. The molecule has 2 atom stereocenters. The van der Waals surface area contributed by atoms with Gasteiger partial charge in [0.05, 0.1) is 22.6 Å². The molecular weight excluding hydrogens is 372 g/mol. The van der Waals surface area contributed by atoms with E-state index >= 15 is 0 Å². The smallest absolute Gasteiger partial charge is 0.268 e. The van der Waals surface area contributed by atoms with Gasteiger partial charge in [0, 0.05) is 25.3 Å². The molecule has 1 saturated heterocycles. The van der Waals surface area contributed by atoms with Crippen LogP contribution in [0.2, 0.25) is 0 Å². The maximum atomic E-state index is 12.3. The molecule has 1 unspecified atom stereocenters. The molecule has 0 spiro atoms. The van der Waals surface area contributed by atoms with E-state index in [2.05, 4.69) is 9.88 Å². The van der Waals surface area contributed by atoms with Crippen LogP contribution in [0.15, 0.2) is 59.5 Å². The molecule has 2 aromatic rings. The predicted octanol–water partition coefficient (Wildman–Crippen LogP) is 1.87. The number of nitrogens with zero attached hydrogens (tertiary/aromatic N) is 3. The summed E-state index contributed by atoms with van der Waals surface area (Å²) in [6.07, 6.45) is 5.58. The molecule has 6 N–H and O–H groups in total. The average Bonchev–Trinajstić information content (AvgIpc) is 3.06.